The van der Waals surface area contributed by atoms with Crippen molar-refractivity contribution in [1.82, 2.24) is 9.55 Å². The molecule has 0 saturated carbocycles. The maximum absolute atomic E-state index is 12.9. The summed E-state index contributed by atoms with van der Waals surface area (Å²) in [5.41, 5.74) is 3.63. The lowest BCUT2D eigenvalue weighted by Crippen LogP contribution is -2.25. The van der Waals surface area contributed by atoms with Crippen LogP contribution in [-0.4, -0.2) is 22.6 Å². The Labute approximate surface area is 167 Å². The highest BCUT2D eigenvalue weighted by atomic mass is 32.2. The van der Waals surface area contributed by atoms with Gasteiger partial charge in [-0.3, -0.25) is 9.36 Å². The van der Waals surface area contributed by atoms with Crippen molar-refractivity contribution < 1.29 is 13.9 Å². The van der Waals surface area contributed by atoms with Crippen LogP contribution < -0.4 is 5.56 Å². The molecule has 146 valence electrons. The van der Waals surface area contributed by atoms with Gasteiger partial charge < -0.3 is 9.15 Å². The lowest BCUT2D eigenvalue weighted by molar-refractivity contribution is 0.0563. The van der Waals surface area contributed by atoms with Gasteiger partial charge in [-0.2, -0.15) is 0 Å². The van der Waals surface area contributed by atoms with Gasteiger partial charge in [0.1, 0.15) is 5.76 Å². The molecular formula is C21H22N2O4S. The van der Waals surface area contributed by atoms with Gasteiger partial charge in [-0.25, -0.2) is 9.78 Å². The van der Waals surface area contributed by atoms with Gasteiger partial charge in [-0.1, -0.05) is 41.6 Å². The number of methoxy groups -OCH3 is 1. The molecule has 0 bridgehead atoms. The number of thioether (sulfide) groups is 1. The first-order valence-electron chi connectivity index (χ1n) is 8.81. The van der Waals surface area contributed by atoms with Crippen LogP contribution in [0.4, 0.5) is 0 Å². The molecule has 0 radical (unpaired) electrons. The Morgan fingerprint density at radius 3 is 2.75 bits per heavy atom. The Hall–Kier alpha value is -2.80. The summed E-state index contributed by atoms with van der Waals surface area (Å²) in [6.07, 6.45) is 0.554. The standard InChI is InChI=1S/C21H22N2O4S/c1-13-6-5-7-15(10-13)11-17-14(2)22-21(23(3)19(17)24)28-12-16-8-9-18(27-16)20(25)26-4/h5-10H,11-12H2,1-4H3. The van der Waals surface area contributed by atoms with Crippen molar-refractivity contribution >= 4 is 17.7 Å². The van der Waals surface area contributed by atoms with Crippen LogP contribution >= 0.6 is 11.8 Å². The zero-order chi connectivity index (χ0) is 20.3. The second kappa shape index (κ2) is 8.48. The van der Waals surface area contributed by atoms with E-state index in [9.17, 15) is 9.59 Å². The Bertz CT molecular complexity index is 1070. The SMILES string of the molecule is COC(=O)c1ccc(CSc2nc(C)c(Cc3cccc(C)c3)c(=O)n2C)o1. The third-order valence-corrected chi connectivity index (χ3v) is 5.46. The third-order valence-electron chi connectivity index (χ3n) is 4.40. The first-order chi connectivity index (χ1) is 13.4. The Morgan fingerprint density at radius 1 is 1.25 bits per heavy atom. The number of hydrogen-bond donors (Lipinski definition) is 0. The number of esters is 1. The molecule has 7 heteroatoms. The highest BCUT2D eigenvalue weighted by Gasteiger charge is 2.15. The maximum Gasteiger partial charge on any atom is 0.373 e. The summed E-state index contributed by atoms with van der Waals surface area (Å²) < 4.78 is 11.7. The minimum Gasteiger partial charge on any atom is -0.463 e. The lowest BCUT2D eigenvalue weighted by Gasteiger charge is -2.12. The summed E-state index contributed by atoms with van der Waals surface area (Å²) in [7, 11) is 3.03. The molecule has 2 heterocycles. The van der Waals surface area contributed by atoms with E-state index in [-0.39, 0.29) is 11.3 Å². The monoisotopic (exact) mass is 398 g/mol. The van der Waals surface area contributed by atoms with Gasteiger partial charge in [-0.05, 0) is 31.5 Å². The van der Waals surface area contributed by atoms with E-state index in [1.807, 2.05) is 32.0 Å². The van der Waals surface area contributed by atoms with E-state index in [1.165, 1.54) is 18.9 Å². The molecule has 1 aromatic carbocycles. The summed E-state index contributed by atoms with van der Waals surface area (Å²) in [4.78, 5) is 29.0. The molecule has 2 aromatic heterocycles. The fourth-order valence-corrected chi connectivity index (χ4v) is 3.79. The summed E-state index contributed by atoms with van der Waals surface area (Å²) in [5.74, 6) is 0.706. The fourth-order valence-electron chi connectivity index (χ4n) is 2.89. The van der Waals surface area contributed by atoms with Gasteiger partial charge in [0.05, 0.1) is 12.9 Å². The smallest absolute Gasteiger partial charge is 0.373 e. The molecule has 0 aliphatic rings. The van der Waals surface area contributed by atoms with E-state index in [2.05, 4.69) is 15.8 Å². The number of rotatable bonds is 6. The number of aryl methyl sites for hydroxylation is 2. The average Bonchev–Trinajstić information content (AvgIpc) is 3.15. The molecule has 0 unspecified atom stereocenters. The van der Waals surface area contributed by atoms with Crippen LogP contribution in [0.5, 0.6) is 0 Å². The molecule has 0 aliphatic heterocycles. The zero-order valence-corrected chi connectivity index (χ0v) is 17.1. The highest BCUT2D eigenvalue weighted by Crippen LogP contribution is 2.23. The zero-order valence-electron chi connectivity index (χ0n) is 16.3. The largest absolute Gasteiger partial charge is 0.463 e. The van der Waals surface area contributed by atoms with E-state index in [0.717, 1.165) is 16.8 Å². The summed E-state index contributed by atoms with van der Waals surface area (Å²) in [5, 5.41) is 0.603. The Balaban J connectivity index is 1.79. The van der Waals surface area contributed by atoms with Crippen LogP contribution in [0.25, 0.3) is 0 Å². The van der Waals surface area contributed by atoms with Gasteiger partial charge in [0, 0.05) is 24.7 Å². The van der Waals surface area contributed by atoms with E-state index < -0.39 is 5.97 Å². The summed E-state index contributed by atoms with van der Waals surface area (Å²) >= 11 is 1.38. The van der Waals surface area contributed by atoms with Crippen molar-refractivity contribution in [1.29, 1.82) is 0 Å². The predicted octanol–water partition coefficient (Wildman–Crippen LogP) is 3.66. The first-order valence-corrected chi connectivity index (χ1v) is 9.79. The van der Waals surface area contributed by atoms with Crippen LogP contribution in [0.1, 0.15) is 38.7 Å². The van der Waals surface area contributed by atoms with Crippen molar-refractivity contribution in [3.8, 4) is 0 Å². The number of nitrogens with zero attached hydrogens (tertiary/aromatic N) is 2. The van der Waals surface area contributed by atoms with Gasteiger partial charge in [0.15, 0.2) is 5.16 Å². The Morgan fingerprint density at radius 2 is 2.04 bits per heavy atom. The molecule has 3 aromatic rings. The topological polar surface area (TPSA) is 74.3 Å². The van der Waals surface area contributed by atoms with E-state index in [4.69, 9.17) is 4.42 Å². The van der Waals surface area contributed by atoms with Gasteiger partial charge in [0.25, 0.3) is 5.56 Å². The van der Waals surface area contributed by atoms with E-state index in [0.29, 0.717) is 28.7 Å². The van der Waals surface area contributed by atoms with Crippen LogP contribution in [0.15, 0.2) is 50.8 Å². The Kier molecular flexibility index (Phi) is 6.04. The third kappa shape index (κ3) is 4.36. The molecule has 3 rings (SSSR count). The minimum absolute atomic E-state index is 0.0498. The van der Waals surface area contributed by atoms with Crippen molar-refractivity contribution in [2.24, 2.45) is 7.05 Å². The number of carbonyl (C=O) groups is 1. The number of aromatic nitrogens is 2. The van der Waals surface area contributed by atoms with Gasteiger partial charge in [0.2, 0.25) is 5.76 Å². The van der Waals surface area contributed by atoms with Crippen molar-refractivity contribution in [2.75, 3.05) is 7.11 Å². The number of hydrogen-bond acceptors (Lipinski definition) is 6. The van der Waals surface area contributed by atoms with E-state index >= 15 is 0 Å². The molecule has 0 fully saturated rings. The first kappa shape index (κ1) is 19.9. The van der Waals surface area contributed by atoms with Crippen molar-refractivity contribution in [2.45, 2.75) is 31.2 Å². The molecule has 28 heavy (non-hydrogen) atoms. The second-order valence-corrected chi connectivity index (χ2v) is 7.48. The average molecular weight is 398 g/mol. The number of furan rings is 1. The summed E-state index contributed by atoms with van der Waals surface area (Å²) in [6, 6.07) is 11.4. The molecule has 0 atom stereocenters. The molecule has 6 nitrogen and oxygen atoms in total. The molecular weight excluding hydrogens is 376 g/mol. The molecule has 0 saturated heterocycles. The summed E-state index contributed by atoms with van der Waals surface area (Å²) in [6.45, 7) is 3.89. The molecule has 0 amide bonds. The number of carbonyl (C=O) groups excluding carboxylic acids is 1. The fraction of sp³-hybridized carbons (Fsp3) is 0.286. The van der Waals surface area contributed by atoms with Crippen molar-refractivity contribution in [3.63, 3.8) is 0 Å². The molecule has 0 N–H and O–H groups in total. The van der Waals surface area contributed by atoms with Crippen LogP contribution in [0, 0.1) is 13.8 Å². The number of ether oxygens (including phenoxy) is 1. The molecule has 0 aliphatic carbocycles. The minimum atomic E-state index is -0.516. The lowest BCUT2D eigenvalue weighted by atomic mass is 10.0. The quantitative estimate of drug-likeness (QED) is 0.358. The van der Waals surface area contributed by atoms with Crippen LogP contribution in [-0.2, 0) is 24.0 Å². The van der Waals surface area contributed by atoms with E-state index in [1.54, 1.807) is 23.7 Å². The number of benzene rings is 1. The van der Waals surface area contributed by atoms with Crippen molar-refractivity contribution in [3.05, 3.63) is 80.7 Å². The van der Waals surface area contributed by atoms with Gasteiger partial charge in [-0.15, -0.1) is 0 Å². The van der Waals surface area contributed by atoms with Crippen LogP contribution in [0.2, 0.25) is 0 Å². The van der Waals surface area contributed by atoms with Crippen LogP contribution in [0.3, 0.4) is 0 Å². The molecule has 0 spiro atoms. The highest BCUT2D eigenvalue weighted by molar-refractivity contribution is 7.98. The second-order valence-electron chi connectivity index (χ2n) is 6.53. The predicted molar refractivity (Wildman–Crippen MR) is 108 cm³/mol. The maximum atomic E-state index is 12.9. The normalized spacial score (nSPS) is 10.9. The van der Waals surface area contributed by atoms with Gasteiger partial charge >= 0.3 is 5.97 Å².